The first-order chi connectivity index (χ1) is 8.41. The highest BCUT2D eigenvalue weighted by atomic mass is 32.2. The van der Waals surface area contributed by atoms with Gasteiger partial charge in [0.1, 0.15) is 5.82 Å². The van der Waals surface area contributed by atoms with E-state index in [1.165, 1.54) is 0 Å². The quantitative estimate of drug-likeness (QED) is 0.878. The van der Waals surface area contributed by atoms with Gasteiger partial charge in [-0.3, -0.25) is 0 Å². The highest BCUT2D eigenvalue weighted by Gasteiger charge is 2.32. The number of aliphatic hydroxyl groups excluding tert-OH is 1. The Morgan fingerprint density at radius 3 is 2.83 bits per heavy atom. The third-order valence-electron chi connectivity index (χ3n) is 3.36. The monoisotopic (exact) mass is 270 g/mol. The number of anilines is 1. The summed E-state index contributed by atoms with van der Waals surface area (Å²) >= 11 is 0. The largest absolute Gasteiger partial charge is 0.389 e. The number of pyridine rings is 1. The lowest BCUT2D eigenvalue weighted by molar-refractivity contribution is 0.199. The summed E-state index contributed by atoms with van der Waals surface area (Å²) < 4.78 is 23.0. The molecule has 1 aromatic rings. The van der Waals surface area contributed by atoms with Gasteiger partial charge >= 0.3 is 0 Å². The van der Waals surface area contributed by atoms with Crippen molar-refractivity contribution in [1.29, 1.82) is 0 Å². The van der Waals surface area contributed by atoms with Crippen LogP contribution in [0.1, 0.15) is 25.0 Å². The Balaban J connectivity index is 2.27. The SMILES string of the molecule is CC(O)c1cccnc1N(C)C1CCS(=O)(=O)C1. The average molecular weight is 270 g/mol. The van der Waals surface area contributed by atoms with E-state index in [0.29, 0.717) is 12.2 Å². The average Bonchev–Trinajstić information content (AvgIpc) is 2.68. The molecule has 1 aliphatic heterocycles. The number of nitrogens with zero attached hydrogens (tertiary/aromatic N) is 2. The molecule has 2 heterocycles. The minimum Gasteiger partial charge on any atom is -0.389 e. The van der Waals surface area contributed by atoms with Crippen molar-refractivity contribution in [3.05, 3.63) is 23.9 Å². The smallest absolute Gasteiger partial charge is 0.152 e. The van der Waals surface area contributed by atoms with Crippen LogP contribution in [-0.2, 0) is 9.84 Å². The first-order valence-corrected chi connectivity index (χ1v) is 7.79. The van der Waals surface area contributed by atoms with Crippen molar-refractivity contribution in [2.24, 2.45) is 0 Å². The molecule has 1 N–H and O–H groups in total. The van der Waals surface area contributed by atoms with Crippen LogP contribution in [-0.4, -0.2) is 43.1 Å². The number of rotatable bonds is 3. The molecule has 0 aromatic carbocycles. The Kier molecular flexibility index (Phi) is 3.59. The van der Waals surface area contributed by atoms with Crippen LogP contribution >= 0.6 is 0 Å². The molecular weight excluding hydrogens is 252 g/mol. The summed E-state index contributed by atoms with van der Waals surface area (Å²) in [6, 6.07) is 3.53. The third-order valence-corrected chi connectivity index (χ3v) is 5.11. The van der Waals surface area contributed by atoms with Gasteiger partial charge in [-0.25, -0.2) is 13.4 Å². The predicted molar refractivity (Wildman–Crippen MR) is 70.3 cm³/mol. The van der Waals surface area contributed by atoms with Crippen LogP contribution in [0.2, 0.25) is 0 Å². The van der Waals surface area contributed by atoms with Gasteiger partial charge in [0, 0.05) is 24.8 Å². The van der Waals surface area contributed by atoms with Crippen LogP contribution in [0.4, 0.5) is 5.82 Å². The van der Waals surface area contributed by atoms with Crippen molar-refractivity contribution in [1.82, 2.24) is 4.98 Å². The van der Waals surface area contributed by atoms with Crippen LogP contribution in [0.15, 0.2) is 18.3 Å². The fourth-order valence-corrected chi connectivity index (χ4v) is 4.06. The second-order valence-corrected chi connectivity index (χ2v) is 6.99. The van der Waals surface area contributed by atoms with E-state index in [-0.39, 0.29) is 17.5 Å². The molecule has 0 radical (unpaired) electrons. The second kappa shape index (κ2) is 4.85. The van der Waals surface area contributed by atoms with Gasteiger partial charge in [-0.2, -0.15) is 0 Å². The Labute approximate surface area is 107 Å². The Bertz CT molecular complexity index is 528. The van der Waals surface area contributed by atoms with Gasteiger partial charge in [0.2, 0.25) is 0 Å². The molecule has 0 aliphatic carbocycles. The van der Waals surface area contributed by atoms with Gasteiger partial charge in [0.25, 0.3) is 0 Å². The minimum atomic E-state index is -2.91. The molecule has 1 fully saturated rings. The molecule has 1 saturated heterocycles. The molecule has 6 heteroatoms. The molecular formula is C12H18N2O3S. The van der Waals surface area contributed by atoms with Gasteiger partial charge in [0.05, 0.1) is 17.6 Å². The van der Waals surface area contributed by atoms with Gasteiger partial charge in [-0.1, -0.05) is 6.07 Å². The van der Waals surface area contributed by atoms with Crippen molar-refractivity contribution < 1.29 is 13.5 Å². The van der Waals surface area contributed by atoms with E-state index in [1.54, 1.807) is 19.2 Å². The van der Waals surface area contributed by atoms with E-state index in [9.17, 15) is 13.5 Å². The van der Waals surface area contributed by atoms with Gasteiger partial charge < -0.3 is 10.0 Å². The predicted octanol–water partition coefficient (Wildman–Crippen LogP) is 0.758. The van der Waals surface area contributed by atoms with E-state index in [0.717, 1.165) is 5.56 Å². The summed E-state index contributed by atoms with van der Waals surface area (Å²) in [5.41, 5.74) is 0.726. The van der Waals surface area contributed by atoms with Gasteiger partial charge in [0.15, 0.2) is 9.84 Å². The number of aliphatic hydroxyl groups is 1. The minimum absolute atomic E-state index is 0.0533. The van der Waals surface area contributed by atoms with E-state index < -0.39 is 15.9 Å². The van der Waals surface area contributed by atoms with Crippen molar-refractivity contribution in [3.8, 4) is 0 Å². The van der Waals surface area contributed by atoms with Crippen LogP contribution in [0.3, 0.4) is 0 Å². The van der Waals surface area contributed by atoms with Crippen molar-refractivity contribution in [2.75, 3.05) is 23.5 Å². The first-order valence-electron chi connectivity index (χ1n) is 5.97. The summed E-state index contributed by atoms with van der Waals surface area (Å²) in [6.07, 6.45) is 1.66. The number of hydrogen-bond donors (Lipinski definition) is 1. The third kappa shape index (κ3) is 2.64. The second-order valence-electron chi connectivity index (χ2n) is 4.76. The number of sulfone groups is 1. The summed E-state index contributed by atoms with van der Waals surface area (Å²) in [5, 5.41) is 9.71. The Hall–Kier alpha value is -1.14. The zero-order chi connectivity index (χ0) is 13.3. The standard InChI is InChI=1S/C12H18N2O3S/c1-9(15)11-4-3-6-13-12(11)14(2)10-5-7-18(16,17)8-10/h3-4,6,9-10,15H,5,7-8H2,1-2H3. The van der Waals surface area contributed by atoms with Gasteiger partial charge in [-0.15, -0.1) is 0 Å². The van der Waals surface area contributed by atoms with Gasteiger partial charge in [-0.05, 0) is 19.4 Å². The normalized spacial score (nSPS) is 23.8. The lowest BCUT2D eigenvalue weighted by atomic mass is 10.1. The molecule has 0 bridgehead atoms. The van der Waals surface area contributed by atoms with Crippen molar-refractivity contribution >= 4 is 15.7 Å². The van der Waals surface area contributed by atoms with Crippen molar-refractivity contribution in [3.63, 3.8) is 0 Å². The summed E-state index contributed by atoms with van der Waals surface area (Å²) in [5.74, 6) is 1.06. The van der Waals surface area contributed by atoms with Crippen LogP contribution in [0, 0.1) is 0 Å². The van der Waals surface area contributed by atoms with E-state index in [2.05, 4.69) is 4.98 Å². The summed E-state index contributed by atoms with van der Waals surface area (Å²) in [6.45, 7) is 1.68. The number of aromatic nitrogens is 1. The Morgan fingerprint density at radius 1 is 1.56 bits per heavy atom. The van der Waals surface area contributed by atoms with Crippen LogP contribution in [0.25, 0.3) is 0 Å². The van der Waals surface area contributed by atoms with E-state index >= 15 is 0 Å². The lowest BCUT2D eigenvalue weighted by Gasteiger charge is -2.27. The summed E-state index contributed by atoms with van der Waals surface area (Å²) in [7, 11) is -1.08. The molecule has 0 saturated carbocycles. The highest BCUT2D eigenvalue weighted by Crippen LogP contribution is 2.27. The molecule has 1 aliphatic rings. The maximum Gasteiger partial charge on any atom is 0.152 e. The summed E-state index contributed by atoms with van der Waals surface area (Å²) in [4.78, 5) is 6.13. The maximum atomic E-state index is 11.5. The topological polar surface area (TPSA) is 70.5 Å². The molecule has 0 amide bonds. The van der Waals surface area contributed by atoms with E-state index in [4.69, 9.17) is 0 Å². The maximum absolute atomic E-state index is 11.5. The van der Waals surface area contributed by atoms with Crippen LogP contribution < -0.4 is 4.90 Å². The Morgan fingerprint density at radius 2 is 2.28 bits per heavy atom. The fourth-order valence-electron chi connectivity index (χ4n) is 2.28. The molecule has 100 valence electrons. The fraction of sp³-hybridized carbons (Fsp3) is 0.583. The lowest BCUT2D eigenvalue weighted by Crippen LogP contribution is -2.34. The molecule has 5 nitrogen and oxygen atoms in total. The molecule has 2 unspecified atom stereocenters. The van der Waals surface area contributed by atoms with Crippen LogP contribution in [0.5, 0.6) is 0 Å². The number of hydrogen-bond acceptors (Lipinski definition) is 5. The molecule has 2 rings (SSSR count). The molecule has 0 spiro atoms. The highest BCUT2D eigenvalue weighted by molar-refractivity contribution is 7.91. The molecule has 2 atom stereocenters. The van der Waals surface area contributed by atoms with E-state index in [1.807, 2.05) is 18.0 Å². The zero-order valence-electron chi connectivity index (χ0n) is 10.6. The van der Waals surface area contributed by atoms with Crippen molar-refractivity contribution in [2.45, 2.75) is 25.5 Å². The molecule has 1 aromatic heterocycles. The zero-order valence-corrected chi connectivity index (χ0v) is 11.4. The first kappa shape index (κ1) is 13.3. The molecule has 18 heavy (non-hydrogen) atoms.